The molecule has 0 unspecified atom stereocenters. The Morgan fingerprint density at radius 1 is 1.30 bits per heavy atom. The molecule has 0 radical (unpaired) electrons. The maximum atomic E-state index is 12.7. The maximum absolute atomic E-state index is 12.7. The molecule has 0 aliphatic rings. The van der Waals surface area contributed by atoms with Gasteiger partial charge in [0.15, 0.2) is 0 Å². The van der Waals surface area contributed by atoms with E-state index in [1.165, 1.54) is 6.07 Å². The van der Waals surface area contributed by atoms with Crippen LogP contribution in [-0.4, -0.2) is 34.0 Å². The van der Waals surface area contributed by atoms with Gasteiger partial charge in [-0.15, -0.1) is 0 Å². The molecular weight excluding hydrogens is 316 g/mol. The number of aliphatic hydroxyl groups excluding tert-OH is 1. The van der Waals surface area contributed by atoms with Crippen LogP contribution in [0.5, 0.6) is 0 Å². The molecule has 0 atom stereocenters. The lowest BCUT2D eigenvalue weighted by atomic mass is 10.1. The van der Waals surface area contributed by atoms with Gasteiger partial charge in [0.2, 0.25) is 0 Å². The van der Waals surface area contributed by atoms with Gasteiger partial charge < -0.3 is 15.0 Å². The topological polar surface area (TPSA) is 73.4 Å². The van der Waals surface area contributed by atoms with Crippen LogP contribution in [0.2, 0.25) is 5.02 Å². The Morgan fingerprint density at radius 2 is 2.09 bits per heavy atom. The summed E-state index contributed by atoms with van der Waals surface area (Å²) in [6.45, 7) is 2.41. The van der Waals surface area contributed by atoms with Gasteiger partial charge in [-0.25, -0.2) is 0 Å². The third kappa shape index (κ3) is 4.68. The fraction of sp³-hybridized carbons (Fsp3) is 0.294. The molecule has 0 spiro atoms. The molecule has 0 fully saturated rings. The number of rotatable bonds is 6. The van der Waals surface area contributed by atoms with Crippen molar-refractivity contribution in [3.05, 3.63) is 68.6 Å². The van der Waals surface area contributed by atoms with E-state index in [1.54, 1.807) is 30.0 Å². The highest BCUT2D eigenvalue weighted by molar-refractivity contribution is 6.30. The van der Waals surface area contributed by atoms with E-state index in [0.717, 1.165) is 5.56 Å². The number of hydrogen-bond donors (Lipinski definition) is 2. The van der Waals surface area contributed by atoms with Crippen LogP contribution in [0.25, 0.3) is 0 Å². The van der Waals surface area contributed by atoms with Gasteiger partial charge >= 0.3 is 0 Å². The first kappa shape index (κ1) is 17.2. The summed E-state index contributed by atoms with van der Waals surface area (Å²) in [5.41, 5.74) is 1.25. The number of aryl methyl sites for hydroxylation is 1. The Hall–Kier alpha value is -2.11. The molecule has 122 valence electrons. The second kappa shape index (κ2) is 7.94. The molecule has 0 aliphatic carbocycles. The van der Waals surface area contributed by atoms with Gasteiger partial charge in [-0.3, -0.25) is 9.59 Å². The molecule has 1 aromatic carbocycles. The van der Waals surface area contributed by atoms with E-state index in [4.69, 9.17) is 16.7 Å². The number of aromatic nitrogens is 1. The van der Waals surface area contributed by atoms with Crippen LogP contribution in [-0.2, 0) is 6.54 Å². The lowest BCUT2D eigenvalue weighted by Crippen LogP contribution is -2.35. The molecule has 2 rings (SSSR count). The van der Waals surface area contributed by atoms with Gasteiger partial charge in [0.1, 0.15) is 5.56 Å². The summed E-state index contributed by atoms with van der Waals surface area (Å²) in [7, 11) is 0. The molecular formula is C17H19ClN2O3. The predicted molar refractivity (Wildman–Crippen MR) is 89.7 cm³/mol. The minimum Gasteiger partial charge on any atom is -0.396 e. The standard InChI is InChI=1S/C17H19ClN2O3/c1-12-6-7-15(16(22)19-12)17(23)20(8-3-9-21)11-13-4-2-5-14(18)10-13/h2,4-7,10,21H,3,8-9,11H2,1H3,(H,19,22). The van der Waals surface area contributed by atoms with E-state index in [0.29, 0.717) is 30.2 Å². The van der Waals surface area contributed by atoms with Crippen molar-refractivity contribution >= 4 is 17.5 Å². The summed E-state index contributed by atoms with van der Waals surface area (Å²) in [6.07, 6.45) is 0.441. The third-order valence-corrected chi connectivity index (χ3v) is 3.66. The van der Waals surface area contributed by atoms with Crippen LogP contribution < -0.4 is 5.56 Å². The number of amides is 1. The van der Waals surface area contributed by atoms with Crippen LogP contribution in [0, 0.1) is 6.92 Å². The molecule has 6 heteroatoms. The van der Waals surface area contributed by atoms with Gasteiger partial charge in [0.05, 0.1) is 0 Å². The van der Waals surface area contributed by atoms with Gasteiger partial charge in [-0.05, 0) is 43.2 Å². The van der Waals surface area contributed by atoms with E-state index in [9.17, 15) is 9.59 Å². The Kier molecular flexibility index (Phi) is 5.96. The normalized spacial score (nSPS) is 10.6. The zero-order chi connectivity index (χ0) is 16.8. The van der Waals surface area contributed by atoms with Crippen molar-refractivity contribution in [3.8, 4) is 0 Å². The number of aliphatic hydroxyl groups is 1. The van der Waals surface area contributed by atoms with E-state index in [2.05, 4.69) is 4.98 Å². The van der Waals surface area contributed by atoms with Gasteiger partial charge in [-0.1, -0.05) is 23.7 Å². The summed E-state index contributed by atoms with van der Waals surface area (Å²) < 4.78 is 0. The number of hydrogen-bond acceptors (Lipinski definition) is 3. The second-order valence-electron chi connectivity index (χ2n) is 5.32. The number of carbonyl (C=O) groups is 1. The average Bonchev–Trinajstić information content (AvgIpc) is 2.51. The van der Waals surface area contributed by atoms with Crippen molar-refractivity contribution in [2.75, 3.05) is 13.2 Å². The Bertz CT molecular complexity index is 743. The fourth-order valence-corrected chi connectivity index (χ4v) is 2.49. The molecule has 1 amide bonds. The zero-order valence-corrected chi connectivity index (χ0v) is 13.6. The first-order valence-corrected chi connectivity index (χ1v) is 7.73. The number of aromatic amines is 1. The van der Waals surface area contributed by atoms with E-state index in [1.807, 2.05) is 12.1 Å². The van der Waals surface area contributed by atoms with E-state index in [-0.39, 0.29) is 18.1 Å². The molecule has 0 saturated heterocycles. The van der Waals surface area contributed by atoms with E-state index < -0.39 is 5.56 Å². The summed E-state index contributed by atoms with van der Waals surface area (Å²) in [6, 6.07) is 10.4. The summed E-state index contributed by atoms with van der Waals surface area (Å²) in [5, 5.41) is 9.63. The molecule has 2 aromatic rings. The predicted octanol–water partition coefficient (Wildman–Crippen LogP) is 2.36. The van der Waals surface area contributed by atoms with Crippen LogP contribution in [0.1, 0.15) is 28.0 Å². The number of benzene rings is 1. The van der Waals surface area contributed by atoms with Crippen molar-refractivity contribution in [2.24, 2.45) is 0 Å². The number of nitrogens with one attached hydrogen (secondary N) is 1. The minimum atomic E-state index is -0.407. The minimum absolute atomic E-state index is 0.0242. The van der Waals surface area contributed by atoms with Crippen molar-refractivity contribution in [3.63, 3.8) is 0 Å². The quantitative estimate of drug-likeness (QED) is 0.851. The number of carbonyl (C=O) groups excluding carboxylic acids is 1. The highest BCUT2D eigenvalue weighted by atomic mass is 35.5. The molecule has 1 heterocycles. The van der Waals surface area contributed by atoms with Crippen LogP contribution in [0.4, 0.5) is 0 Å². The summed E-state index contributed by atoms with van der Waals surface area (Å²) >= 11 is 5.97. The summed E-state index contributed by atoms with van der Waals surface area (Å²) in [4.78, 5) is 28.8. The largest absolute Gasteiger partial charge is 0.396 e. The molecule has 2 N–H and O–H groups in total. The van der Waals surface area contributed by atoms with Crippen molar-refractivity contribution in [1.29, 1.82) is 0 Å². The fourth-order valence-electron chi connectivity index (χ4n) is 2.28. The zero-order valence-electron chi connectivity index (χ0n) is 12.9. The third-order valence-electron chi connectivity index (χ3n) is 3.42. The lowest BCUT2D eigenvalue weighted by Gasteiger charge is -2.22. The lowest BCUT2D eigenvalue weighted by molar-refractivity contribution is 0.0730. The second-order valence-corrected chi connectivity index (χ2v) is 5.75. The van der Waals surface area contributed by atoms with Crippen molar-refractivity contribution in [2.45, 2.75) is 19.9 Å². The van der Waals surface area contributed by atoms with Gasteiger partial charge in [0, 0.05) is 30.4 Å². The average molecular weight is 335 g/mol. The number of pyridine rings is 1. The van der Waals surface area contributed by atoms with Crippen LogP contribution in [0.3, 0.4) is 0 Å². The van der Waals surface area contributed by atoms with Gasteiger partial charge in [0.25, 0.3) is 11.5 Å². The highest BCUT2D eigenvalue weighted by Crippen LogP contribution is 2.14. The monoisotopic (exact) mass is 334 g/mol. The highest BCUT2D eigenvalue weighted by Gasteiger charge is 2.19. The molecule has 0 bridgehead atoms. The molecule has 0 aliphatic heterocycles. The smallest absolute Gasteiger partial charge is 0.260 e. The van der Waals surface area contributed by atoms with Gasteiger partial charge in [-0.2, -0.15) is 0 Å². The van der Waals surface area contributed by atoms with E-state index >= 15 is 0 Å². The van der Waals surface area contributed by atoms with Crippen LogP contribution >= 0.6 is 11.6 Å². The first-order chi connectivity index (χ1) is 11.0. The molecule has 23 heavy (non-hydrogen) atoms. The Morgan fingerprint density at radius 3 is 2.74 bits per heavy atom. The first-order valence-electron chi connectivity index (χ1n) is 7.36. The number of halogens is 1. The molecule has 0 saturated carbocycles. The summed E-state index contributed by atoms with van der Waals surface area (Å²) in [5.74, 6) is -0.361. The Balaban J connectivity index is 2.26. The number of nitrogens with zero attached hydrogens (tertiary/aromatic N) is 1. The van der Waals surface area contributed by atoms with Crippen molar-refractivity contribution < 1.29 is 9.90 Å². The maximum Gasteiger partial charge on any atom is 0.260 e. The number of H-pyrrole nitrogens is 1. The molecule has 1 aromatic heterocycles. The Labute approximate surface area is 139 Å². The van der Waals surface area contributed by atoms with Crippen LogP contribution in [0.15, 0.2) is 41.2 Å². The SMILES string of the molecule is Cc1ccc(C(=O)N(CCCO)Cc2cccc(Cl)c2)c(=O)[nH]1. The molecule has 5 nitrogen and oxygen atoms in total. The van der Waals surface area contributed by atoms with Crippen molar-refractivity contribution in [1.82, 2.24) is 9.88 Å².